The van der Waals surface area contributed by atoms with Crippen LogP contribution in [0.5, 0.6) is 11.5 Å². The maximum Gasteiger partial charge on any atom is 0.127 e. The van der Waals surface area contributed by atoms with Crippen molar-refractivity contribution in [2.24, 2.45) is 0 Å². The highest BCUT2D eigenvalue weighted by atomic mass is 35.5. The van der Waals surface area contributed by atoms with Crippen molar-refractivity contribution >= 4 is 12.4 Å². The summed E-state index contributed by atoms with van der Waals surface area (Å²) < 4.78 is 10.8. The molecule has 1 N–H and O–H groups in total. The molecule has 0 aliphatic heterocycles. The van der Waals surface area contributed by atoms with Gasteiger partial charge in [0.25, 0.3) is 0 Å². The molecule has 3 nitrogen and oxygen atoms in total. The lowest BCUT2D eigenvalue weighted by Crippen LogP contribution is -2.18. The van der Waals surface area contributed by atoms with Crippen molar-refractivity contribution in [3.05, 3.63) is 59.2 Å². The Bertz CT molecular complexity index is 645. The van der Waals surface area contributed by atoms with Crippen molar-refractivity contribution < 1.29 is 9.47 Å². The van der Waals surface area contributed by atoms with E-state index in [-0.39, 0.29) is 12.4 Å². The fourth-order valence-corrected chi connectivity index (χ4v) is 3.00. The van der Waals surface area contributed by atoms with Gasteiger partial charge in [-0.2, -0.15) is 0 Å². The molecule has 1 fully saturated rings. The Morgan fingerprint density at radius 2 is 1.83 bits per heavy atom. The molecule has 0 amide bonds. The molecule has 2 atom stereocenters. The number of methoxy groups -OCH3 is 2. The second kappa shape index (κ2) is 7.71. The lowest BCUT2D eigenvalue weighted by atomic mass is 10.1. The Morgan fingerprint density at radius 3 is 2.48 bits per heavy atom. The molecular weight excluding hydrogens is 310 g/mol. The van der Waals surface area contributed by atoms with Crippen LogP contribution in [0.4, 0.5) is 0 Å². The molecule has 1 unspecified atom stereocenters. The average Bonchev–Trinajstić information content (AvgIpc) is 3.33. The third-order valence-corrected chi connectivity index (χ3v) is 4.42. The third-order valence-electron chi connectivity index (χ3n) is 4.42. The minimum atomic E-state index is 0. The first-order valence-electron chi connectivity index (χ1n) is 7.72. The lowest BCUT2D eigenvalue weighted by Gasteiger charge is -2.14. The number of rotatable bonds is 6. The van der Waals surface area contributed by atoms with E-state index in [1.54, 1.807) is 14.2 Å². The van der Waals surface area contributed by atoms with Crippen LogP contribution in [0.3, 0.4) is 0 Å². The first-order chi connectivity index (χ1) is 10.7. The minimum absolute atomic E-state index is 0. The van der Waals surface area contributed by atoms with E-state index in [1.807, 2.05) is 6.07 Å². The van der Waals surface area contributed by atoms with Gasteiger partial charge in [-0.25, -0.2) is 0 Å². The van der Waals surface area contributed by atoms with Gasteiger partial charge >= 0.3 is 0 Å². The van der Waals surface area contributed by atoms with Crippen LogP contribution in [0.25, 0.3) is 0 Å². The highest BCUT2D eigenvalue weighted by Crippen LogP contribution is 2.41. The topological polar surface area (TPSA) is 30.5 Å². The van der Waals surface area contributed by atoms with E-state index >= 15 is 0 Å². The molecule has 0 heterocycles. The van der Waals surface area contributed by atoms with E-state index in [1.165, 1.54) is 23.1 Å². The van der Waals surface area contributed by atoms with Gasteiger partial charge in [0, 0.05) is 30.1 Å². The minimum Gasteiger partial charge on any atom is -0.497 e. The van der Waals surface area contributed by atoms with Gasteiger partial charge < -0.3 is 14.8 Å². The maximum atomic E-state index is 5.51. The molecule has 2 aromatic rings. The smallest absolute Gasteiger partial charge is 0.127 e. The van der Waals surface area contributed by atoms with Crippen LogP contribution in [0.15, 0.2) is 42.5 Å². The molecule has 1 saturated carbocycles. The van der Waals surface area contributed by atoms with Crippen LogP contribution in [0.2, 0.25) is 0 Å². The normalized spacial score (nSPS) is 18.9. The Labute approximate surface area is 144 Å². The summed E-state index contributed by atoms with van der Waals surface area (Å²) in [5, 5.41) is 3.65. The molecular formula is C19H24ClNO2. The van der Waals surface area contributed by atoms with Gasteiger partial charge in [-0.05, 0) is 30.5 Å². The molecule has 1 aliphatic carbocycles. The van der Waals surface area contributed by atoms with Gasteiger partial charge in [-0.3, -0.25) is 0 Å². The van der Waals surface area contributed by atoms with Crippen molar-refractivity contribution in [3.8, 4) is 11.5 Å². The predicted molar refractivity (Wildman–Crippen MR) is 96.0 cm³/mol. The van der Waals surface area contributed by atoms with E-state index < -0.39 is 0 Å². The van der Waals surface area contributed by atoms with Crippen LogP contribution >= 0.6 is 12.4 Å². The summed E-state index contributed by atoms with van der Waals surface area (Å²) in [6.45, 7) is 2.93. The standard InChI is InChI=1S/C19H23NO2.ClH/c1-13-9-15(21-2)10-19(22-3)17(13)12-20-18-11-16(18)14-7-5-4-6-8-14;/h4-10,16,18,20H,11-12H2,1-3H3;1H/t16?,18-;/m0./s1. The summed E-state index contributed by atoms with van der Waals surface area (Å²) in [4.78, 5) is 0. The molecule has 2 aromatic carbocycles. The van der Waals surface area contributed by atoms with E-state index in [2.05, 4.69) is 48.6 Å². The second-order valence-electron chi connectivity index (χ2n) is 5.87. The van der Waals surface area contributed by atoms with Gasteiger partial charge in [0.1, 0.15) is 11.5 Å². The number of benzene rings is 2. The van der Waals surface area contributed by atoms with Gasteiger partial charge in [-0.15, -0.1) is 12.4 Å². The molecule has 3 rings (SSSR count). The number of halogens is 1. The van der Waals surface area contributed by atoms with Crippen LogP contribution < -0.4 is 14.8 Å². The number of aryl methyl sites for hydroxylation is 1. The van der Waals surface area contributed by atoms with E-state index in [0.29, 0.717) is 12.0 Å². The lowest BCUT2D eigenvalue weighted by molar-refractivity contribution is 0.389. The number of hydrogen-bond donors (Lipinski definition) is 1. The first kappa shape index (κ1) is 17.6. The van der Waals surface area contributed by atoms with Crippen molar-refractivity contribution in [3.63, 3.8) is 0 Å². The molecule has 23 heavy (non-hydrogen) atoms. The number of nitrogens with one attached hydrogen (secondary N) is 1. The zero-order valence-electron chi connectivity index (χ0n) is 13.8. The Balaban J connectivity index is 0.00000192. The molecule has 0 bridgehead atoms. The number of ether oxygens (including phenoxy) is 2. The van der Waals surface area contributed by atoms with Crippen LogP contribution in [0.1, 0.15) is 29.0 Å². The van der Waals surface area contributed by atoms with Crippen molar-refractivity contribution in [2.45, 2.75) is 31.8 Å². The molecule has 0 radical (unpaired) electrons. The SMILES string of the molecule is COc1cc(C)c(CN[C@H]2CC2c2ccccc2)c(OC)c1.Cl. The number of hydrogen-bond acceptors (Lipinski definition) is 3. The molecule has 0 aromatic heterocycles. The van der Waals surface area contributed by atoms with Gasteiger partial charge in [0.2, 0.25) is 0 Å². The van der Waals surface area contributed by atoms with Crippen molar-refractivity contribution in [1.29, 1.82) is 0 Å². The molecule has 1 aliphatic rings. The van der Waals surface area contributed by atoms with Crippen LogP contribution in [0, 0.1) is 6.92 Å². The third kappa shape index (κ3) is 3.98. The molecule has 4 heteroatoms. The fourth-order valence-electron chi connectivity index (χ4n) is 3.00. The van der Waals surface area contributed by atoms with Crippen molar-refractivity contribution in [1.82, 2.24) is 5.32 Å². The molecule has 124 valence electrons. The molecule has 0 spiro atoms. The summed E-state index contributed by atoms with van der Waals surface area (Å²) in [5.41, 5.74) is 3.83. The molecule has 0 saturated heterocycles. The van der Waals surface area contributed by atoms with Crippen LogP contribution in [-0.2, 0) is 6.54 Å². The second-order valence-corrected chi connectivity index (χ2v) is 5.87. The van der Waals surface area contributed by atoms with E-state index in [0.717, 1.165) is 18.0 Å². The van der Waals surface area contributed by atoms with Gasteiger partial charge in [0.15, 0.2) is 0 Å². The summed E-state index contributed by atoms with van der Waals surface area (Å²) in [7, 11) is 3.39. The first-order valence-corrected chi connectivity index (χ1v) is 7.72. The quantitative estimate of drug-likeness (QED) is 0.864. The van der Waals surface area contributed by atoms with E-state index in [9.17, 15) is 0 Å². The van der Waals surface area contributed by atoms with Gasteiger partial charge in [-0.1, -0.05) is 30.3 Å². The highest BCUT2D eigenvalue weighted by Gasteiger charge is 2.37. The summed E-state index contributed by atoms with van der Waals surface area (Å²) >= 11 is 0. The maximum absolute atomic E-state index is 5.51. The average molecular weight is 334 g/mol. The largest absolute Gasteiger partial charge is 0.497 e. The Morgan fingerprint density at radius 1 is 1.09 bits per heavy atom. The van der Waals surface area contributed by atoms with E-state index in [4.69, 9.17) is 9.47 Å². The Hall–Kier alpha value is -1.71. The Kier molecular flexibility index (Phi) is 5.91. The predicted octanol–water partition coefficient (Wildman–Crippen LogP) is 4.08. The summed E-state index contributed by atoms with van der Waals surface area (Å²) in [5.74, 6) is 2.37. The summed E-state index contributed by atoms with van der Waals surface area (Å²) in [6, 6.07) is 15.3. The monoisotopic (exact) mass is 333 g/mol. The zero-order valence-corrected chi connectivity index (χ0v) is 14.7. The van der Waals surface area contributed by atoms with Crippen molar-refractivity contribution in [2.75, 3.05) is 14.2 Å². The fraction of sp³-hybridized carbons (Fsp3) is 0.368. The highest BCUT2D eigenvalue weighted by molar-refractivity contribution is 5.85. The zero-order chi connectivity index (χ0) is 15.5. The summed E-state index contributed by atoms with van der Waals surface area (Å²) in [6.07, 6.45) is 1.21. The van der Waals surface area contributed by atoms with Gasteiger partial charge in [0.05, 0.1) is 14.2 Å². The van der Waals surface area contributed by atoms with Crippen LogP contribution in [-0.4, -0.2) is 20.3 Å².